The number of benzene rings is 1. The lowest BCUT2D eigenvalue weighted by Gasteiger charge is -2.19. The van der Waals surface area contributed by atoms with E-state index in [1.807, 2.05) is 6.07 Å². The van der Waals surface area contributed by atoms with Crippen LogP contribution >= 0.6 is 0 Å². The highest BCUT2D eigenvalue weighted by atomic mass is 16.3. The molecule has 1 aromatic rings. The number of rotatable bonds is 5. The van der Waals surface area contributed by atoms with Crippen molar-refractivity contribution in [2.45, 2.75) is 37.4 Å². The van der Waals surface area contributed by atoms with E-state index in [1.165, 1.54) is 6.92 Å². The zero-order valence-corrected chi connectivity index (χ0v) is 11.3. The summed E-state index contributed by atoms with van der Waals surface area (Å²) >= 11 is 0. The van der Waals surface area contributed by atoms with E-state index in [4.69, 9.17) is 0 Å². The van der Waals surface area contributed by atoms with Gasteiger partial charge in [0, 0.05) is 13.5 Å². The van der Waals surface area contributed by atoms with Crippen LogP contribution in [0.4, 0.5) is 0 Å². The number of aliphatic hydroxyl groups is 2. The van der Waals surface area contributed by atoms with Crippen molar-refractivity contribution in [2.75, 3.05) is 6.54 Å². The van der Waals surface area contributed by atoms with E-state index < -0.39 is 17.6 Å². The Morgan fingerprint density at radius 2 is 2.20 bits per heavy atom. The van der Waals surface area contributed by atoms with E-state index in [1.54, 1.807) is 18.2 Å². The molecule has 0 bridgehead atoms. The first-order valence-corrected chi connectivity index (χ1v) is 6.61. The van der Waals surface area contributed by atoms with Gasteiger partial charge in [0.15, 0.2) is 0 Å². The molecule has 0 aromatic heterocycles. The third-order valence-electron chi connectivity index (χ3n) is 3.67. The van der Waals surface area contributed by atoms with Crippen molar-refractivity contribution >= 4 is 5.91 Å². The summed E-state index contributed by atoms with van der Waals surface area (Å²) in [5.41, 5.74) is 1.02. The van der Waals surface area contributed by atoms with Crippen LogP contribution in [0.25, 0.3) is 0 Å². The molecular weight excluding hydrogens is 256 g/mol. The van der Waals surface area contributed by atoms with Gasteiger partial charge in [-0.1, -0.05) is 24.3 Å². The summed E-state index contributed by atoms with van der Waals surface area (Å²) in [6.45, 7) is 1.34. The number of nitriles is 1. The second-order valence-corrected chi connectivity index (χ2v) is 5.27. The topological polar surface area (TPSA) is 93.3 Å². The lowest BCUT2D eigenvalue weighted by Crippen LogP contribution is -2.34. The highest BCUT2D eigenvalue weighted by molar-refractivity contribution is 5.72. The lowest BCUT2D eigenvalue weighted by atomic mass is 9.93. The molecule has 1 aliphatic rings. The summed E-state index contributed by atoms with van der Waals surface area (Å²) < 4.78 is 0. The molecule has 0 radical (unpaired) electrons. The average Bonchev–Trinajstić information content (AvgIpc) is 3.25. The molecule has 0 saturated heterocycles. The minimum atomic E-state index is -1.09. The maximum Gasteiger partial charge on any atom is 0.216 e. The zero-order chi connectivity index (χ0) is 14.8. The van der Waals surface area contributed by atoms with Crippen LogP contribution in [-0.2, 0) is 10.2 Å². The Balaban J connectivity index is 2.11. The van der Waals surface area contributed by atoms with Crippen molar-refractivity contribution in [3.63, 3.8) is 0 Å². The summed E-state index contributed by atoms with van der Waals surface area (Å²) in [6.07, 6.45) is -0.502. The Bertz CT molecular complexity index is 546. The molecule has 5 nitrogen and oxygen atoms in total. The van der Waals surface area contributed by atoms with Gasteiger partial charge in [-0.2, -0.15) is 5.26 Å². The molecule has 1 amide bonds. The molecule has 106 valence electrons. The fourth-order valence-electron chi connectivity index (χ4n) is 2.19. The van der Waals surface area contributed by atoms with Crippen molar-refractivity contribution < 1.29 is 15.0 Å². The van der Waals surface area contributed by atoms with Crippen LogP contribution in [-0.4, -0.2) is 28.8 Å². The molecule has 0 aliphatic heterocycles. The quantitative estimate of drug-likeness (QED) is 0.739. The molecule has 2 atom stereocenters. The summed E-state index contributed by atoms with van der Waals surface area (Å²) in [5, 5.41) is 31.6. The predicted molar refractivity (Wildman–Crippen MR) is 72.6 cm³/mol. The first-order chi connectivity index (χ1) is 9.48. The van der Waals surface area contributed by atoms with E-state index in [-0.39, 0.29) is 12.5 Å². The van der Waals surface area contributed by atoms with Gasteiger partial charge in [0.2, 0.25) is 5.91 Å². The van der Waals surface area contributed by atoms with Crippen LogP contribution in [0.3, 0.4) is 0 Å². The molecule has 1 saturated carbocycles. The Morgan fingerprint density at radius 1 is 1.50 bits per heavy atom. The van der Waals surface area contributed by atoms with Crippen LogP contribution in [0.1, 0.15) is 37.0 Å². The van der Waals surface area contributed by atoms with Crippen molar-refractivity contribution in [1.29, 1.82) is 5.26 Å². The number of amides is 1. The third kappa shape index (κ3) is 2.98. The summed E-state index contributed by atoms with van der Waals surface area (Å²) in [5.74, 6) is -0.258. The molecule has 2 rings (SSSR count). The molecule has 20 heavy (non-hydrogen) atoms. The Hall–Kier alpha value is -1.90. The number of hydrogen-bond acceptors (Lipinski definition) is 4. The van der Waals surface area contributed by atoms with Crippen molar-refractivity contribution in [3.05, 3.63) is 35.4 Å². The van der Waals surface area contributed by atoms with Crippen LogP contribution < -0.4 is 5.32 Å². The molecule has 1 aliphatic carbocycles. The number of carbonyl (C=O) groups is 1. The predicted octanol–water partition coefficient (Wildman–Crippen LogP) is 0.772. The molecule has 3 N–H and O–H groups in total. The van der Waals surface area contributed by atoms with Crippen LogP contribution in [0.2, 0.25) is 0 Å². The fourth-order valence-corrected chi connectivity index (χ4v) is 2.19. The van der Waals surface area contributed by atoms with E-state index in [0.717, 1.165) is 18.4 Å². The fraction of sp³-hybridized carbons (Fsp3) is 0.467. The van der Waals surface area contributed by atoms with E-state index >= 15 is 0 Å². The summed E-state index contributed by atoms with van der Waals surface area (Å²) in [7, 11) is 0. The molecule has 2 unspecified atom stereocenters. The van der Waals surface area contributed by atoms with Gasteiger partial charge in [-0.15, -0.1) is 0 Å². The maximum absolute atomic E-state index is 10.8. The monoisotopic (exact) mass is 274 g/mol. The lowest BCUT2D eigenvalue weighted by molar-refractivity contribution is -0.119. The minimum Gasteiger partial charge on any atom is -0.388 e. The van der Waals surface area contributed by atoms with E-state index in [2.05, 4.69) is 11.4 Å². The molecule has 0 spiro atoms. The first kappa shape index (κ1) is 14.5. The second kappa shape index (κ2) is 5.61. The summed E-state index contributed by atoms with van der Waals surface area (Å²) in [6, 6.07) is 9.41. The SMILES string of the molecule is CC(=O)NCC(O)C(O)c1cccc(C2(C#N)CC2)c1. The Kier molecular flexibility index (Phi) is 4.07. The maximum atomic E-state index is 10.8. The average molecular weight is 274 g/mol. The Morgan fingerprint density at radius 3 is 2.75 bits per heavy atom. The smallest absolute Gasteiger partial charge is 0.216 e. The molecule has 1 fully saturated rings. The first-order valence-electron chi connectivity index (χ1n) is 6.61. The normalized spacial score (nSPS) is 18.7. The van der Waals surface area contributed by atoms with Crippen molar-refractivity contribution in [2.24, 2.45) is 0 Å². The number of carbonyl (C=O) groups excluding carboxylic acids is 1. The van der Waals surface area contributed by atoms with Gasteiger partial charge < -0.3 is 15.5 Å². The minimum absolute atomic E-state index is 0.00980. The summed E-state index contributed by atoms with van der Waals surface area (Å²) in [4.78, 5) is 10.8. The standard InChI is InChI=1S/C15H18N2O3/c1-10(18)17-8-13(19)14(20)11-3-2-4-12(7-11)15(9-16)5-6-15/h2-4,7,13-14,19-20H,5-6,8H2,1H3,(H,17,18). The number of nitrogens with one attached hydrogen (secondary N) is 1. The number of nitrogens with zero attached hydrogens (tertiary/aromatic N) is 1. The number of aliphatic hydroxyl groups excluding tert-OH is 2. The van der Waals surface area contributed by atoms with Gasteiger partial charge in [-0.05, 0) is 24.0 Å². The van der Waals surface area contributed by atoms with Gasteiger partial charge in [0.05, 0.1) is 11.5 Å². The highest BCUT2D eigenvalue weighted by Crippen LogP contribution is 2.47. The molecule has 1 aromatic carbocycles. The largest absolute Gasteiger partial charge is 0.388 e. The van der Waals surface area contributed by atoms with Crippen LogP contribution in [0.15, 0.2) is 24.3 Å². The Labute approximate surface area is 117 Å². The van der Waals surface area contributed by atoms with Crippen LogP contribution in [0, 0.1) is 11.3 Å². The highest BCUT2D eigenvalue weighted by Gasteiger charge is 2.45. The van der Waals surface area contributed by atoms with Gasteiger partial charge in [-0.3, -0.25) is 4.79 Å². The van der Waals surface area contributed by atoms with Gasteiger partial charge in [0.1, 0.15) is 12.2 Å². The van der Waals surface area contributed by atoms with Crippen LogP contribution in [0.5, 0.6) is 0 Å². The van der Waals surface area contributed by atoms with E-state index in [0.29, 0.717) is 5.56 Å². The second-order valence-electron chi connectivity index (χ2n) is 5.27. The molecular formula is C15H18N2O3. The molecule has 0 heterocycles. The number of hydrogen-bond donors (Lipinski definition) is 3. The third-order valence-corrected chi connectivity index (χ3v) is 3.67. The zero-order valence-electron chi connectivity index (χ0n) is 11.3. The van der Waals surface area contributed by atoms with Crippen molar-refractivity contribution in [3.8, 4) is 6.07 Å². The van der Waals surface area contributed by atoms with Gasteiger partial charge in [0.25, 0.3) is 0 Å². The molecule has 5 heteroatoms. The van der Waals surface area contributed by atoms with E-state index in [9.17, 15) is 20.3 Å². The van der Waals surface area contributed by atoms with Crippen molar-refractivity contribution in [1.82, 2.24) is 5.32 Å². The van der Waals surface area contributed by atoms with Gasteiger partial charge >= 0.3 is 0 Å². The van der Waals surface area contributed by atoms with Gasteiger partial charge in [-0.25, -0.2) is 0 Å².